The maximum Gasteiger partial charge on any atom is 0.229 e. The molecular formula is C16H18N2O3. The normalized spacial score (nSPS) is 30.1. The van der Waals surface area contributed by atoms with Crippen molar-refractivity contribution in [2.75, 3.05) is 5.32 Å². The Kier molecular flexibility index (Phi) is 2.90. The van der Waals surface area contributed by atoms with Crippen LogP contribution in [0.1, 0.15) is 31.1 Å². The van der Waals surface area contributed by atoms with Crippen LogP contribution < -0.4 is 10.6 Å². The highest BCUT2D eigenvalue weighted by molar-refractivity contribution is 6.19. The van der Waals surface area contributed by atoms with Gasteiger partial charge in [-0.25, -0.2) is 0 Å². The molecule has 2 aliphatic rings. The van der Waals surface area contributed by atoms with Gasteiger partial charge in [0.2, 0.25) is 11.8 Å². The molecule has 3 rings (SSSR count). The molecule has 0 unspecified atom stereocenters. The molecule has 5 nitrogen and oxygen atoms in total. The lowest BCUT2D eigenvalue weighted by molar-refractivity contribution is -0.125. The van der Waals surface area contributed by atoms with E-state index in [1.165, 1.54) is 0 Å². The summed E-state index contributed by atoms with van der Waals surface area (Å²) in [6.07, 6.45) is 0. The Morgan fingerprint density at radius 3 is 2.62 bits per heavy atom. The highest BCUT2D eigenvalue weighted by Gasteiger charge is 2.73. The number of amides is 2. The number of Topliss-reactive ketones (excluding diaryl/α,β-unsaturated/α-hetero) is 1. The van der Waals surface area contributed by atoms with E-state index in [1.54, 1.807) is 31.2 Å². The molecule has 1 aliphatic carbocycles. The monoisotopic (exact) mass is 286 g/mol. The van der Waals surface area contributed by atoms with E-state index < -0.39 is 17.3 Å². The summed E-state index contributed by atoms with van der Waals surface area (Å²) in [5, 5.41) is 5.57. The number of ketones is 1. The van der Waals surface area contributed by atoms with Gasteiger partial charge in [0, 0.05) is 11.6 Å². The highest BCUT2D eigenvalue weighted by Crippen LogP contribution is 2.62. The highest BCUT2D eigenvalue weighted by atomic mass is 16.2. The van der Waals surface area contributed by atoms with Crippen molar-refractivity contribution in [1.29, 1.82) is 0 Å². The summed E-state index contributed by atoms with van der Waals surface area (Å²) in [4.78, 5) is 37.4. The Labute approximate surface area is 123 Å². The number of para-hydroxylation sites is 1. The fraction of sp³-hybridized carbons (Fsp3) is 0.438. The van der Waals surface area contributed by atoms with Crippen LogP contribution in [0, 0.1) is 17.3 Å². The van der Waals surface area contributed by atoms with Crippen molar-refractivity contribution in [3.05, 3.63) is 29.8 Å². The number of nitrogens with one attached hydrogen (secondary N) is 2. The molecule has 1 saturated carbocycles. The van der Waals surface area contributed by atoms with Crippen molar-refractivity contribution >= 4 is 23.3 Å². The zero-order valence-electron chi connectivity index (χ0n) is 12.3. The SMILES string of the molecule is CC(C)NC(=O)[C@@H]1[C@@H]2C(=O)Nc3ccccc3C(=O)[C@]12C. The lowest BCUT2D eigenvalue weighted by Crippen LogP contribution is -2.34. The van der Waals surface area contributed by atoms with E-state index in [0.717, 1.165) is 0 Å². The van der Waals surface area contributed by atoms with Crippen LogP contribution in [0.5, 0.6) is 0 Å². The predicted octanol–water partition coefficient (Wildman–Crippen LogP) is 1.60. The van der Waals surface area contributed by atoms with Crippen molar-refractivity contribution < 1.29 is 14.4 Å². The second-order valence-electron chi connectivity index (χ2n) is 6.27. The largest absolute Gasteiger partial charge is 0.354 e. The molecule has 1 fully saturated rings. The van der Waals surface area contributed by atoms with Crippen LogP contribution in [0.25, 0.3) is 0 Å². The smallest absolute Gasteiger partial charge is 0.229 e. The number of benzene rings is 1. The van der Waals surface area contributed by atoms with Gasteiger partial charge in [0.1, 0.15) is 0 Å². The molecule has 110 valence electrons. The first-order valence-electron chi connectivity index (χ1n) is 7.12. The van der Waals surface area contributed by atoms with Crippen molar-refractivity contribution in [3.63, 3.8) is 0 Å². The topological polar surface area (TPSA) is 75.3 Å². The number of carbonyl (C=O) groups excluding carboxylic acids is 3. The number of anilines is 1. The molecule has 0 bridgehead atoms. The summed E-state index contributed by atoms with van der Waals surface area (Å²) in [5.41, 5.74) is 0.0787. The second-order valence-corrected chi connectivity index (χ2v) is 6.27. The van der Waals surface area contributed by atoms with Gasteiger partial charge in [0.05, 0.1) is 22.9 Å². The third-order valence-corrected chi connectivity index (χ3v) is 4.43. The lowest BCUT2D eigenvalue weighted by atomic mass is 9.92. The zero-order valence-corrected chi connectivity index (χ0v) is 12.3. The average Bonchev–Trinajstić information content (AvgIpc) is 3.06. The van der Waals surface area contributed by atoms with E-state index in [1.807, 2.05) is 13.8 Å². The summed E-state index contributed by atoms with van der Waals surface area (Å²) in [6.45, 7) is 5.43. The Hall–Kier alpha value is -2.17. The first-order chi connectivity index (χ1) is 9.87. The van der Waals surface area contributed by atoms with Gasteiger partial charge in [-0.15, -0.1) is 0 Å². The molecule has 2 N–H and O–H groups in total. The molecule has 1 aromatic rings. The van der Waals surface area contributed by atoms with Crippen LogP contribution >= 0.6 is 0 Å². The van der Waals surface area contributed by atoms with Crippen molar-refractivity contribution in [2.45, 2.75) is 26.8 Å². The van der Waals surface area contributed by atoms with Gasteiger partial charge in [-0.2, -0.15) is 0 Å². The third kappa shape index (κ3) is 1.87. The van der Waals surface area contributed by atoms with Gasteiger partial charge in [0.25, 0.3) is 0 Å². The molecule has 0 radical (unpaired) electrons. The number of fused-ring (bicyclic) bond motifs is 2. The molecule has 1 aromatic carbocycles. The van der Waals surface area contributed by atoms with Crippen molar-refractivity contribution in [3.8, 4) is 0 Å². The van der Waals surface area contributed by atoms with E-state index in [4.69, 9.17) is 0 Å². The first kappa shape index (κ1) is 13.8. The molecule has 1 heterocycles. The summed E-state index contributed by atoms with van der Waals surface area (Å²) >= 11 is 0. The second kappa shape index (κ2) is 4.41. The van der Waals surface area contributed by atoms with Crippen molar-refractivity contribution in [2.24, 2.45) is 17.3 Å². The minimum Gasteiger partial charge on any atom is -0.354 e. The molecule has 3 atom stereocenters. The van der Waals surface area contributed by atoms with Crippen LogP contribution in [-0.2, 0) is 9.59 Å². The van der Waals surface area contributed by atoms with Crippen LogP contribution in [0.3, 0.4) is 0 Å². The van der Waals surface area contributed by atoms with Crippen LogP contribution in [0.4, 0.5) is 5.69 Å². The van der Waals surface area contributed by atoms with Gasteiger partial charge < -0.3 is 10.6 Å². The molecular weight excluding hydrogens is 268 g/mol. The lowest BCUT2D eigenvalue weighted by Gasteiger charge is -2.13. The average molecular weight is 286 g/mol. The molecule has 0 aromatic heterocycles. The minimum absolute atomic E-state index is 0.0172. The van der Waals surface area contributed by atoms with Crippen LogP contribution in [0.15, 0.2) is 24.3 Å². The van der Waals surface area contributed by atoms with Gasteiger partial charge in [-0.3, -0.25) is 14.4 Å². The Balaban J connectivity index is 1.99. The van der Waals surface area contributed by atoms with E-state index in [9.17, 15) is 14.4 Å². The van der Waals surface area contributed by atoms with Gasteiger partial charge >= 0.3 is 0 Å². The van der Waals surface area contributed by atoms with Gasteiger partial charge in [-0.05, 0) is 26.0 Å². The van der Waals surface area contributed by atoms with Crippen LogP contribution in [0.2, 0.25) is 0 Å². The molecule has 2 amide bonds. The molecule has 5 heteroatoms. The van der Waals surface area contributed by atoms with E-state index in [-0.39, 0.29) is 23.6 Å². The minimum atomic E-state index is -0.935. The molecule has 21 heavy (non-hydrogen) atoms. The predicted molar refractivity (Wildman–Crippen MR) is 77.8 cm³/mol. The standard InChI is InChI=1S/C16H18N2O3/c1-8(2)17-14(20)11-12-15(21)18-10-7-5-4-6-9(10)13(19)16(11,12)3/h4-8,11-12H,1-3H3,(H,17,20)(H,18,21)/t11-,12+,16+/m0/s1. The van der Waals surface area contributed by atoms with E-state index >= 15 is 0 Å². The van der Waals surface area contributed by atoms with Crippen LogP contribution in [-0.4, -0.2) is 23.6 Å². The first-order valence-corrected chi connectivity index (χ1v) is 7.12. The molecule has 0 saturated heterocycles. The Morgan fingerprint density at radius 2 is 1.95 bits per heavy atom. The number of hydrogen-bond acceptors (Lipinski definition) is 3. The van der Waals surface area contributed by atoms with Gasteiger partial charge in [-0.1, -0.05) is 19.1 Å². The molecule has 0 spiro atoms. The van der Waals surface area contributed by atoms with Crippen molar-refractivity contribution in [1.82, 2.24) is 5.32 Å². The maximum absolute atomic E-state index is 12.8. The Morgan fingerprint density at radius 1 is 1.29 bits per heavy atom. The quantitative estimate of drug-likeness (QED) is 0.867. The van der Waals surface area contributed by atoms with E-state index in [2.05, 4.69) is 10.6 Å². The van der Waals surface area contributed by atoms with E-state index in [0.29, 0.717) is 11.3 Å². The number of rotatable bonds is 2. The number of hydrogen-bond donors (Lipinski definition) is 2. The molecule has 1 aliphatic heterocycles. The summed E-state index contributed by atoms with van der Waals surface area (Å²) in [7, 11) is 0. The number of carbonyl (C=O) groups is 3. The fourth-order valence-corrected chi connectivity index (χ4v) is 3.31. The van der Waals surface area contributed by atoms with Gasteiger partial charge in [0.15, 0.2) is 5.78 Å². The summed E-state index contributed by atoms with van der Waals surface area (Å²) in [6, 6.07) is 6.92. The summed E-state index contributed by atoms with van der Waals surface area (Å²) in [5.74, 6) is -1.78. The fourth-order valence-electron chi connectivity index (χ4n) is 3.31. The third-order valence-electron chi connectivity index (χ3n) is 4.43. The summed E-state index contributed by atoms with van der Waals surface area (Å²) < 4.78 is 0. The maximum atomic E-state index is 12.8. The zero-order chi connectivity index (χ0) is 15.4. The Bertz CT molecular complexity index is 653.